The third-order valence-corrected chi connectivity index (χ3v) is 5.31. The molecular weight excluding hydrogens is 316 g/mol. The SMILES string of the molecule is Cc1ccc(-n2nnnc2N2CCN(C(=O)C3CCCC3)CC2)cc1. The van der Waals surface area contributed by atoms with E-state index in [1.807, 2.05) is 17.0 Å². The van der Waals surface area contributed by atoms with Crippen LogP contribution in [0.25, 0.3) is 5.69 Å². The Morgan fingerprint density at radius 2 is 1.72 bits per heavy atom. The van der Waals surface area contributed by atoms with Crippen molar-refractivity contribution in [2.24, 2.45) is 5.92 Å². The third-order valence-electron chi connectivity index (χ3n) is 5.31. The molecular formula is C18H24N6O. The highest BCUT2D eigenvalue weighted by molar-refractivity contribution is 5.79. The van der Waals surface area contributed by atoms with Crippen molar-refractivity contribution in [3.05, 3.63) is 29.8 Å². The van der Waals surface area contributed by atoms with Crippen LogP contribution in [0, 0.1) is 12.8 Å². The second kappa shape index (κ2) is 6.82. The van der Waals surface area contributed by atoms with Gasteiger partial charge in [-0.3, -0.25) is 4.79 Å². The fourth-order valence-electron chi connectivity index (χ4n) is 3.79. The molecule has 0 N–H and O–H groups in total. The van der Waals surface area contributed by atoms with Crippen LogP contribution in [0.1, 0.15) is 31.2 Å². The van der Waals surface area contributed by atoms with Gasteiger partial charge in [0.05, 0.1) is 5.69 Å². The van der Waals surface area contributed by atoms with Gasteiger partial charge in [-0.1, -0.05) is 35.6 Å². The maximum absolute atomic E-state index is 12.6. The van der Waals surface area contributed by atoms with Crippen molar-refractivity contribution in [2.45, 2.75) is 32.6 Å². The van der Waals surface area contributed by atoms with E-state index in [9.17, 15) is 4.79 Å². The van der Waals surface area contributed by atoms with Gasteiger partial charge < -0.3 is 9.80 Å². The van der Waals surface area contributed by atoms with E-state index in [0.717, 1.165) is 50.7 Å². The van der Waals surface area contributed by atoms with Crippen LogP contribution in [0.15, 0.2) is 24.3 Å². The number of hydrogen-bond donors (Lipinski definition) is 0. The molecule has 0 radical (unpaired) electrons. The number of aryl methyl sites for hydroxylation is 1. The molecule has 0 spiro atoms. The summed E-state index contributed by atoms with van der Waals surface area (Å²) in [5.74, 6) is 1.34. The Balaban J connectivity index is 1.44. The van der Waals surface area contributed by atoms with Crippen LogP contribution < -0.4 is 4.90 Å². The lowest BCUT2D eigenvalue weighted by molar-refractivity contribution is -0.135. The molecule has 7 nitrogen and oxygen atoms in total. The predicted molar refractivity (Wildman–Crippen MR) is 94.6 cm³/mol. The van der Waals surface area contributed by atoms with Crippen molar-refractivity contribution in [1.29, 1.82) is 0 Å². The molecule has 1 amide bonds. The summed E-state index contributed by atoms with van der Waals surface area (Å²) in [4.78, 5) is 16.8. The van der Waals surface area contributed by atoms with Crippen LogP contribution in [0.4, 0.5) is 5.95 Å². The lowest BCUT2D eigenvalue weighted by atomic mass is 10.1. The summed E-state index contributed by atoms with van der Waals surface area (Å²) in [5, 5.41) is 12.2. The van der Waals surface area contributed by atoms with Gasteiger partial charge in [0.15, 0.2) is 0 Å². The van der Waals surface area contributed by atoms with Gasteiger partial charge in [-0.25, -0.2) is 0 Å². The van der Waals surface area contributed by atoms with Crippen LogP contribution in [-0.2, 0) is 4.79 Å². The Bertz CT molecular complexity index is 726. The second-order valence-corrected chi connectivity index (χ2v) is 7.02. The second-order valence-electron chi connectivity index (χ2n) is 7.02. The van der Waals surface area contributed by atoms with Gasteiger partial charge >= 0.3 is 0 Å². The van der Waals surface area contributed by atoms with E-state index >= 15 is 0 Å². The number of benzene rings is 1. The van der Waals surface area contributed by atoms with Crippen molar-refractivity contribution in [3.63, 3.8) is 0 Å². The van der Waals surface area contributed by atoms with Crippen LogP contribution in [0.2, 0.25) is 0 Å². The number of carbonyl (C=O) groups is 1. The zero-order chi connectivity index (χ0) is 17.2. The summed E-state index contributed by atoms with van der Waals surface area (Å²) < 4.78 is 1.77. The lowest BCUT2D eigenvalue weighted by Gasteiger charge is -2.36. The number of amides is 1. The Labute approximate surface area is 147 Å². The fourth-order valence-corrected chi connectivity index (χ4v) is 3.79. The molecule has 0 atom stereocenters. The zero-order valence-corrected chi connectivity index (χ0v) is 14.6. The first-order chi connectivity index (χ1) is 12.2. The number of nitrogens with zero attached hydrogens (tertiary/aromatic N) is 6. The summed E-state index contributed by atoms with van der Waals surface area (Å²) in [7, 11) is 0. The maximum Gasteiger partial charge on any atom is 0.250 e. The Morgan fingerprint density at radius 3 is 2.40 bits per heavy atom. The number of piperazine rings is 1. The molecule has 0 unspecified atom stereocenters. The predicted octanol–water partition coefficient (Wildman–Crippen LogP) is 1.81. The molecule has 1 saturated heterocycles. The molecule has 2 heterocycles. The molecule has 2 fully saturated rings. The first-order valence-electron chi connectivity index (χ1n) is 9.11. The van der Waals surface area contributed by atoms with Crippen LogP contribution >= 0.6 is 0 Å². The van der Waals surface area contributed by atoms with E-state index in [0.29, 0.717) is 5.91 Å². The molecule has 0 bridgehead atoms. The Morgan fingerprint density at radius 1 is 1.04 bits per heavy atom. The summed E-state index contributed by atoms with van der Waals surface area (Å²) in [6.07, 6.45) is 4.51. The van der Waals surface area contributed by atoms with Crippen molar-refractivity contribution >= 4 is 11.9 Å². The number of hydrogen-bond acceptors (Lipinski definition) is 5. The molecule has 1 aromatic carbocycles. The summed E-state index contributed by atoms with van der Waals surface area (Å²) in [6.45, 7) is 5.09. The number of tetrazole rings is 1. The quantitative estimate of drug-likeness (QED) is 0.852. The van der Waals surface area contributed by atoms with Crippen LogP contribution in [0.5, 0.6) is 0 Å². The number of aromatic nitrogens is 4. The highest BCUT2D eigenvalue weighted by atomic mass is 16.2. The molecule has 7 heteroatoms. The zero-order valence-electron chi connectivity index (χ0n) is 14.6. The normalized spacial score (nSPS) is 18.8. The maximum atomic E-state index is 12.6. The molecule has 132 valence electrons. The average Bonchev–Trinajstić information content (AvgIpc) is 3.34. The average molecular weight is 340 g/mol. The summed E-state index contributed by atoms with van der Waals surface area (Å²) in [5.41, 5.74) is 2.16. The smallest absolute Gasteiger partial charge is 0.250 e. The molecule has 1 saturated carbocycles. The van der Waals surface area contributed by atoms with Gasteiger partial charge in [-0.05, 0) is 42.3 Å². The van der Waals surface area contributed by atoms with E-state index in [1.54, 1.807) is 4.68 Å². The fraction of sp³-hybridized carbons (Fsp3) is 0.556. The van der Waals surface area contributed by atoms with E-state index in [4.69, 9.17) is 0 Å². The molecule has 2 aromatic rings. The highest BCUT2D eigenvalue weighted by Gasteiger charge is 2.30. The van der Waals surface area contributed by atoms with Gasteiger partial charge in [-0.2, -0.15) is 4.68 Å². The first kappa shape index (κ1) is 16.1. The van der Waals surface area contributed by atoms with Gasteiger partial charge in [0.1, 0.15) is 0 Å². The minimum atomic E-state index is 0.254. The van der Waals surface area contributed by atoms with E-state index in [2.05, 4.69) is 39.5 Å². The minimum absolute atomic E-state index is 0.254. The van der Waals surface area contributed by atoms with Gasteiger partial charge in [0.25, 0.3) is 0 Å². The Hall–Kier alpha value is -2.44. The van der Waals surface area contributed by atoms with E-state index < -0.39 is 0 Å². The summed E-state index contributed by atoms with van der Waals surface area (Å²) in [6, 6.07) is 8.15. The summed E-state index contributed by atoms with van der Waals surface area (Å²) >= 11 is 0. The standard InChI is InChI=1S/C18H24N6O/c1-14-6-8-16(9-7-14)24-18(19-20-21-24)23-12-10-22(11-13-23)17(25)15-4-2-3-5-15/h6-9,15H,2-5,10-13H2,1H3. The molecule has 1 aliphatic carbocycles. The van der Waals surface area contributed by atoms with Crippen LogP contribution in [-0.4, -0.2) is 57.2 Å². The molecule has 4 rings (SSSR count). The van der Waals surface area contributed by atoms with Crippen molar-refractivity contribution in [1.82, 2.24) is 25.1 Å². The lowest BCUT2D eigenvalue weighted by Crippen LogP contribution is -2.50. The largest absolute Gasteiger partial charge is 0.339 e. The van der Waals surface area contributed by atoms with Gasteiger partial charge in [0.2, 0.25) is 11.9 Å². The number of anilines is 1. The first-order valence-corrected chi connectivity index (χ1v) is 9.11. The number of carbonyl (C=O) groups excluding carboxylic acids is 1. The molecule has 1 aromatic heterocycles. The van der Waals surface area contributed by atoms with Gasteiger partial charge in [0, 0.05) is 32.1 Å². The van der Waals surface area contributed by atoms with E-state index in [1.165, 1.54) is 18.4 Å². The molecule has 1 aliphatic heterocycles. The highest BCUT2D eigenvalue weighted by Crippen LogP contribution is 2.27. The molecule has 25 heavy (non-hydrogen) atoms. The topological polar surface area (TPSA) is 67.2 Å². The van der Waals surface area contributed by atoms with Gasteiger partial charge in [-0.15, -0.1) is 0 Å². The minimum Gasteiger partial charge on any atom is -0.339 e. The monoisotopic (exact) mass is 340 g/mol. The van der Waals surface area contributed by atoms with Crippen molar-refractivity contribution < 1.29 is 4.79 Å². The van der Waals surface area contributed by atoms with Crippen molar-refractivity contribution in [3.8, 4) is 5.69 Å². The number of rotatable bonds is 3. The van der Waals surface area contributed by atoms with Crippen LogP contribution in [0.3, 0.4) is 0 Å². The van der Waals surface area contributed by atoms with Crippen molar-refractivity contribution in [2.75, 3.05) is 31.1 Å². The molecule has 2 aliphatic rings. The third kappa shape index (κ3) is 3.23. The van der Waals surface area contributed by atoms with E-state index in [-0.39, 0.29) is 5.92 Å². The Kier molecular flexibility index (Phi) is 4.38.